The molecule has 0 bridgehead atoms. The molecule has 29 heavy (non-hydrogen) atoms. The van der Waals surface area contributed by atoms with E-state index in [1.54, 1.807) is 0 Å². The summed E-state index contributed by atoms with van der Waals surface area (Å²) in [4.78, 5) is 26.8. The maximum absolute atomic E-state index is 13.4. The zero-order valence-electron chi connectivity index (χ0n) is 17.2. The molecule has 0 aromatic heterocycles. The van der Waals surface area contributed by atoms with Crippen molar-refractivity contribution in [2.75, 3.05) is 20.2 Å². The summed E-state index contributed by atoms with van der Waals surface area (Å²) >= 11 is 0. The van der Waals surface area contributed by atoms with E-state index in [-0.39, 0.29) is 29.0 Å². The summed E-state index contributed by atoms with van der Waals surface area (Å²) in [6.07, 6.45) is 8.08. The van der Waals surface area contributed by atoms with Gasteiger partial charge < -0.3 is 9.64 Å². The Kier molecular flexibility index (Phi) is 5.32. The predicted molar refractivity (Wildman–Crippen MR) is 109 cm³/mol. The van der Waals surface area contributed by atoms with Gasteiger partial charge in [-0.1, -0.05) is 19.1 Å². The van der Waals surface area contributed by atoms with Gasteiger partial charge in [-0.3, -0.25) is 4.79 Å². The quantitative estimate of drug-likeness (QED) is 0.711. The molecule has 1 saturated heterocycles. The van der Waals surface area contributed by atoms with Gasteiger partial charge in [0.15, 0.2) is 0 Å². The van der Waals surface area contributed by atoms with Gasteiger partial charge in [-0.25, -0.2) is 9.18 Å². The molecule has 1 amide bonds. The van der Waals surface area contributed by atoms with Crippen LogP contribution in [0.5, 0.6) is 0 Å². The summed E-state index contributed by atoms with van der Waals surface area (Å²) in [6.45, 7) is 3.36. The second-order valence-electron chi connectivity index (χ2n) is 8.85. The van der Waals surface area contributed by atoms with Gasteiger partial charge >= 0.3 is 5.97 Å². The molecule has 0 radical (unpaired) electrons. The molecule has 5 heteroatoms. The molecule has 1 aromatic rings. The standard InChI is InChI=1S/C24H28FNO3/c1-16-11-21(25)6-5-19(16)15-26-10-9-24(14-22(26)27)8-7-17-3-4-18(23(28)29-2)12-20(17)13-24/h3-6,12,16H,7-11,13-15H2,1-2H3. The lowest BCUT2D eigenvalue weighted by Gasteiger charge is -2.44. The van der Waals surface area contributed by atoms with Crippen molar-refractivity contribution < 1.29 is 18.7 Å². The van der Waals surface area contributed by atoms with Gasteiger partial charge in [-0.2, -0.15) is 0 Å². The van der Waals surface area contributed by atoms with Crippen LogP contribution in [0, 0.1) is 11.3 Å². The SMILES string of the molecule is COC(=O)c1ccc2c(c1)CC1(CC2)CCN(CC2=CC=C(F)CC2C)C(=O)C1. The second kappa shape index (κ2) is 7.77. The highest BCUT2D eigenvalue weighted by atomic mass is 19.1. The first-order valence-corrected chi connectivity index (χ1v) is 10.4. The number of halogens is 1. The summed E-state index contributed by atoms with van der Waals surface area (Å²) in [5.74, 6) is -0.0787. The number of esters is 1. The molecule has 1 fully saturated rings. The number of allylic oxidation sites excluding steroid dienone is 3. The van der Waals surface area contributed by atoms with Crippen LogP contribution >= 0.6 is 0 Å². The van der Waals surface area contributed by atoms with Crippen LogP contribution in [0.25, 0.3) is 0 Å². The van der Waals surface area contributed by atoms with Crippen molar-refractivity contribution in [3.05, 3.63) is 58.4 Å². The lowest BCUT2D eigenvalue weighted by atomic mass is 9.66. The molecular weight excluding hydrogens is 369 g/mol. The van der Waals surface area contributed by atoms with Crippen molar-refractivity contribution in [1.82, 2.24) is 4.90 Å². The van der Waals surface area contributed by atoms with Crippen molar-refractivity contribution >= 4 is 11.9 Å². The normalized spacial score (nSPS) is 26.7. The highest BCUT2D eigenvalue weighted by Gasteiger charge is 2.41. The number of hydrogen-bond acceptors (Lipinski definition) is 3. The molecule has 0 saturated carbocycles. The topological polar surface area (TPSA) is 46.6 Å². The van der Waals surface area contributed by atoms with Gasteiger partial charge in [-0.05, 0) is 71.9 Å². The molecule has 4 rings (SSSR count). The van der Waals surface area contributed by atoms with Crippen LogP contribution in [0.2, 0.25) is 0 Å². The first kappa shape index (κ1) is 19.9. The van der Waals surface area contributed by atoms with E-state index < -0.39 is 0 Å². The molecule has 3 aliphatic rings. The lowest BCUT2D eigenvalue weighted by molar-refractivity contribution is -0.138. The van der Waals surface area contributed by atoms with Crippen molar-refractivity contribution in [3.63, 3.8) is 0 Å². The third-order valence-electron chi connectivity index (χ3n) is 6.89. The van der Waals surface area contributed by atoms with Crippen molar-refractivity contribution in [2.45, 2.75) is 45.4 Å². The van der Waals surface area contributed by atoms with E-state index in [0.29, 0.717) is 24.9 Å². The number of nitrogens with zero attached hydrogens (tertiary/aromatic N) is 1. The highest BCUT2D eigenvalue weighted by Crippen LogP contribution is 2.44. The van der Waals surface area contributed by atoms with Gasteiger partial charge in [0.05, 0.1) is 12.7 Å². The zero-order chi connectivity index (χ0) is 20.6. The Morgan fingerprint density at radius 2 is 2.07 bits per heavy atom. The minimum absolute atomic E-state index is 0.0199. The average molecular weight is 397 g/mol. The van der Waals surface area contributed by atoms with E-state index >= 15 is 0 Å². The van der Waals surface area contributed by atoms with Gasteiger partial charge in [0.25, 0.3) is 0 Å². The monoisotopic (exact) mass is 397 g/mol. The van der Waals surface area contributed by atoms with Gasteiger partial charge in [-0.15, -0.1) is 0 Å². The van der Waals surface area contributed by atoms with Gasteiger partial charge in [0.2, 0.25) is 5.91 Å². The van der Waals surface area contributed by atoms with Crippen LogP contribution in [-0.4, -0.2) is 37.0 Å². The van der Waals surface area contributed by atoms with Crippen molar-refractivity contribution in [2.24, 2.45) is 11.3 Å². The Morgan fingerprint density at radius 3 is 2.79 bits per heavy atom. The fourth-order valence-electron chi connectivity index (χ4n) is 5.00. The number of methoxy groups -OCH3 is 1. The minimum atomic E-state index is -0.321. The van der Waals surface area contributed by atoms with E-state index in [1.165, 1.54) is 24.3 Å². The number of rotatable bonds is 3. The average Bonchev–Trinajstić information content (AvgIpc) is 2.70. The van der Waals surface area contributed by atoms with E-state index in [2.05, 4.69) is 0 Å². The number of hydrogen-bond donors (Lipinski definition) is 0. The summed E-state index contributed by atoms with van der Waals surface area (Å²) in [5.41, 5.74) is 4.13. The van der Waals surface area contributed by atoms with Crippen LogP contribution in [0.15, 0.2) is 41.8 Å². The van der Waals surface area contributed by atoms with Gasteiger partial charge in [0, 0.05) is 25.9 Å². The summed E-state index contributed by atoms with van der Waals surface area (Å²) in [5, 5.41) is 0. The molecule has 2 unspecified atom stereocenters. The second-order valence-corrected chi connectivity index (χ2v) is 8.85. The van der Waals surface area contributed by atoms with Crippen LogP contribution in [0.4, 0.5) is 4.39 Å². The minimum Gasteiger partial charge on any atom is -0.465 e. The highest BCUT2D eigenvalue weighted by molar-refractivity contribution is 5.89. The molecule has 1 spiro atoms. The zero-order valence-corrected chi connectivity index (χ0v) is 17.2. The van der Waals surface area contributed by atoms with E-state index in [1.807, 2.05) is 36.1 Å². The number of carbonyl (C=O) groups excluding carboxylic acids is 2. The smallest absolute Gasteiger partial charge is 0.337 e. The fourth-order valence-corrected chi connectivity index (χ4v) is 5.00. The number of amides is 1. The fraction of sp³-hybridized carbons (Fsp3) is 0.500. The Bertz CT molecular complexity index is 903. The lowest BCUT2D eigenvalue weighted by Crippen LogP contribution is -2.47. The largest absolute Gasteiger partial charge is 0.465 e. The summed E-state index contributed by atoms with van der Waals surface area (Å²) in [7, 11) is 1.39. The first-order valence-electron chi connectivity index (χ1n) is 10.4. The molecular formula is C24H28FNO3. The third kappa shape index (κ3) is 4.00. The van der Waals surface area contributed by atoms with Gasteiger partial charge in [0.1, 0.15) is 5.83 Å². The number of piperidine rings is 1. The predicted octanol–water partition coefficient (Wildman–Crippen LogP) is 4.39. The van der Waals surface area contributed by atoms with Crippen molar-refractivity contribution in [1.29, 1.82) is 0 Å². The Balaban J connectivity index is 1.46. The van der Waals surface area contributed by atoms with E-state index in [9.17, 15) is 14.0 Å². The number of carbonyl (C=O) groups is 2. The molecule has 154 valence electrons. The van der Waals surface area contributed by atoms with Crippen LogP contribution in [-0.2, 0) is 22.4 Å². The maximum atomic E-state index is 13.4. The Morgan fingerprint density at radius 1 is 1.24 bits per heavy atom. The number of benzene rings is 1. The molecule has 1 heterocycles. The number of ether oxygens (including phenoxy) is 1. The molecule has 0 N–H and O–H groups in total. The third-order valence-corrected chi connectivity index (χ3v) is 6.89. The molecule has 2 atom stereocenters. The van der Waals surface area contributed by atoms with Crippen LogP contribution in [0.3, 0.4) is 0 Å². The number of likely N-dealkylation sites (tertiary alicyclic amines) is 1. The molecule has 4 nitrogen and oxygen atoms in total. The van der Waals surface area contributed by atoms with E-state index in [4.69, 9.17) is 4.74 Å². The summed E-state index contributed by atoms with van der Waals surface area (Å²) in [6, 6.07) is 5.79. The first-order chi connectivity index (χ1) is 13.9. The van der Waals surface area contributed by atoms with E-state index in [0.717, 1.165) is 37.8 Å². The maximum Gasteiger partial charge on any atom is 0.337 e. The molecule has 2 aliphatic carbocycles. The number of aryl methyl sites for hydroxylation is 1. The molecule has 1 aliphatic heterocycles. The number of fused-ring (bicyclic) bond motifs is 1. The van der Waals surface area contributed by atoms with Crippen LogP contribution in [0.1, 0.15) is 54.1 Å². The Hall–Kier alpha value is -2.43. The Labute approximate surface area is 171 Å². The molecule has 1 aromatic carbocycles. The van der Waals surface area contributed by atoms with Crippen LogP contribution < -0.4 is 0 Å². The summed E-state index contributed by atoms with van der Waals surface area (Å²) < 4.78 is 18.3. The van der Waals surface area contributed by atoms with Crippen molar-refractivity contribution in [3.8, 4) is 0 Å².